The number of carboxylic acid groups (broad SMARTS) is 1. The van der Waals surface area contributed by atoms with E-state index in [1.165, 1.54) is 0 Å². The number of rotatable bonds is 16. The highest BCUT2D eigenvalue weighted by Crippen LogP contribution is 1.85. The van der Waals surface area contributed by atoms with Gasteiger partial charge >= 0.3 is 6.09 Å². The number of carbonyl (C=O) groups is 1. The maximum absolute atomic E-state index is 10.2. The van der Waals surface area contributed by atoms with Crippen LogP contribution in [0.2, 0.25) is 0 Å². The molecule has 3 N–H and O–H groups in total. The van der Waals surface area contributed by atoms with Gasteiger partial charge in [0.2, 0.25) is 0 Å². The molecule has 0 atom stereocenters. The molecule has 0 fully saturated rings. The van der Waals surface area contributed by atoms with E-state index in [-0.39, 0.29) is 0 Å². The third-order valence-electron chi connectivity index (χ3n) is 2.42. The third-order valence-corrected chi connectivity index (χ3v) is 2.42. The summed E-state index contributed by atoms with van der Waals surface area (Å²) in [5, 5.41) is 13.8. The normalized spacial score (nSPS) is 10.5. The van der Waals surface area contributed by atoms with Gasteiger partial charge in [-0.25, -0.2) is 4.79 Å². The minimum absolute atomic E-state index is 0.408. The zero-order chi connectivity index (χ0) is 15.6. The van der Waals surface area contributed by atoms with Crippen molar-refractivity contribution in [2.75, 3.05) is 59.3 Å². The van der Waals surface area contributed by atoms with Crippen LogP contribution in [0.3, 0.4) is 0 Å². The Bertz CT molecular complexity index is 252. The summed E-state index contributed by atoms with van der Waals surface area (Å²) in [6.45, 7) is 9.22. The fourth-order valence-electron chi connectivity index (χ4n) is 1.41. The molecule has 0 saturated carbocycles. The molecule has 0 bridgehead atoms. The summed E-state index contributed by atoms with van der Waals surface area (Å²) in [5.74, 6) is 0. The van der Waals surface area contributed by atoms with E-state index >= 15 is 0 Å². The van der Waals surface area contributed by atoms with Gasteiger partial charge in [0.05, 0.1) is 26.4 Å². The predicted molar refractivity (Wildman–Crippen MR) is 80.8 cm³/mol. The van der Waals surface area contributed by atoms with Gasteiger partial charge in [0, 0.05) is 26.3 Å². The SMILES string of the molecule is C=CCNCCCOCCOCCOCCCNC(=O)O. The van der Waals surface area contributed by atoms with E-state index < -0.39 is 6.09 Å². The molecule has 0 saturated heterocycles. The van der Waals surface area contributed by atoms with Crippen LogP contribution < -0.4 is 10.6 Å². The minimum Gasteiger partial charge on any atom is -0.465 e. The molecule has 0 rings (SSSR count). The molecule has 0 aliphatic rings. The maximum Gasteiger partial charge on any atom is 0.404 e. The Morgan fingerprint density at radius 3 is 2.00 bits per heavy atom. The Balaban J connectivity index is 2.96. The average Bonchev–Trinajstić information content (AvgIpc) is 2.46. The van der Waals surface area contributed by atoms with E-state index in [9.17, 15) is 4.79 Å². The van der Waals surface area contributed by atoms with Crippen molar-refractivity contribution in [2.45, 2.75) is 12.8 Å². The van der Waals surface area contributed by atoms with Crippen molar-refractivity contribution in [1.82, 2.24) is 10.6 Å². The lowest BCUT2D eigenvalue weighted by Gasteiger charge is -2.07. The Labute approximate surface area is 126 Å². The first-order valence-electron chi connectivity index (χ1n) is 7.29. The predicted octanol–water partition coefficient (Wildman–Crippen LogP) is 0.860. The number of hydrogen-bond donors (Lipinski definition) is 3. The summed E-state index contributed by atoms with van der Waals surface area (Å²) in [4.78, 5) is 10.2. The van der Waals surface area contributed by atoms with Crippen LogP contribution in [-0.4, -0.2) is 70.5 Å². The lowest BCUT2D eigenvalue weighted by Crippen LogP contribution is -2.23. The standard InChI is InChI=1S/C14H28N2O5/c1-2-5-15-6-3-8-19-10-12-21-13-11-20-9-4-7-16-14(17)18/h2,15-16H,1,3-13H2,(H,17,18). The fourth-order valence-corrected chi connectivity index (χ4v) is 1.41. The van der Waals surface area contributed by atoms with Gasteiger partial charge in [-0.1, -0.05) is 6.08 Å². The zero-order valence-corrected chi connectivity index (χ0v) is 12.6. The molecule has 0 aliphatic heterocycles. The summed E-state index contributed by atoms with van der Waals surface area (Å²) in [5.41, 5.74) is 0. The summed E-state index contributed by atoms with van der Waals surface area (Å²) in [6, 6.07) is 0. The number of hydrogen-bond acceptors (Lipinski definition) is 5. The Morgan fingerprint density at radius 2 is 1.48 bits per heavy atom. The van der Waals surface area contributed by atoms with Crippen molar-refractivity contribution in [1.29, 1.82) is 0 Å². The molecule has 0 radical (unpaired) electrons. The van der Waals surface area contributed by atoms with E-state index in [0.717, 1.165) is 26.1 Å². The zero-order valence-electron chi connectivity index (χ0n) is 12.6. The van der Waals surface area contributed by atoms with E-state index in [1.54, 1.807) is 0 Å². The first-order chi connectivity index (χ1) is 10.3. The van der Waals surface area contributed by atoms with Crippen LogP contribution in [-0.2, 0) is 14.2 Å². The maximum atomic E-state index is 10.2. The molecule has 21 heavy (non-hydrogen) atoms. The van der Waals surface area contributed by atoms with Crippen molar-refractivity contribution in [2.24, 2.45) is 0 Å². The lowest BCUT2D eigenvalue weighted by molar-refractivity contribution is 0.0139. The van der Waals surface area contributed by atoms with Crippen molar-refractivity contribution < 1.29 is 24.1 Å². The second-order valence-electron chi connectivity index (χ2n) is 4.27. The molecule has 0 heterocycles. The lowest BCUT2D eigenvalue weighted by atomic mass is 10.4. The average molecular weight is 304 g/mol. The van der Waals surface area contributed by atoms with E-state index in [2.05, 4.69) is 17.2 Å². The summed E-state index contributed by atoms with van der Waals surface area (Å²) in [7, 11) is 0. The highest BCUT2D eigenvalue weighted by atomic mass is 16.5. The van der Waals surface area contributed by atoms with Gasteiger partial charge in [0.1, 0.15) is 0 Å². The van der Waals surface area contributed by atoms with Crippen LogP contribution >= 0.6 is 0 Å². The van der Waals surface area contributed by atoms with Gasteiger partial charge < -0.3 is 30.0 Å². The van der Waals surface area contributed by atoms with Crippen LogP contribution in [0, 0.1) is 0 Å². The molecule has 0 aromatic heterocycles. The second kappa shape index (κ2) is 16.9. The van der Waals surface area contributed by atoms with Gasteiger partial charge in [0.15, 0.2) is 0 Å². The fraction of sp³-hybridized carbons (Fsp3) is 0.786. The Morgan fingerprint density at radius 1 is 0.952 bits per heavy atom. The van der Waals surface area contributed by atoms with Crippen LogP contribution in [0.15, 0.2) is 12.7 Å². The van der Waals surface area contributed by atoms with Gasteiger partial charge in [-0.15, -0.1) is 6.58 Å². The molecule has 124 valence electrons. The van der Waals surface area contributed by atoms with Crippen molar-refractivity contribution in [3.63, 3.8) is 0 Å². The van der Waals surface area contributed by atoms with Gasteiger partial charge in [-0.05, 0) is 19.4 Å². The molecule has 0 aliphatic carbocycles. The number of nitrogens with one attached hydrogen (secondary N) is 2. The summed E-state index contributed by atoms with van der Waals surface area (Å²) >= 11 is 0. The van der Waals surface area contributed by atoms with Crippen molar-refractivity contribution in [3.8, 4) is 0 Å². The molecule has 7 nitrogen and oxygen atoms in total. The second-order valence-corrected chi connectivity index (χ2v) is 4.27. The Kier molecular flexibility index (Phi) is 16.0. The smallest absolute Gasteiger partial charge is 0.404 e. The molecule has 7 heteroatoms. The summed E-state index contributed by atoms with van der Waals surface area (Å²) in [6.07, 6.45) is 2.46. The highest BCUT2D eigenvalue weighted by molar-refractivity contribution is 5.64. The van der Waals surface area contributed by atoms with Gasteiger partial charge in [0.25, 0.3) is 0 Å². The quantitative estimate of drug-likeness (QED) is 0.289. The van der Waals surface area contributed by atoms with E-state index in [1.807, 2.05) is 6.08 Å². The van der Waals surface area contributed by atoms with E-state index in [0.29, 0.717) is 46.0 Å². The number of ether oxygens (including phenoxy) is 3. The van der Waals surface area contributed by atoms with Crippen molar-refractivity contribution in [3.05, 3.63) is 12.7 Å². The molecular weight excluding hydrogens is 276 g/mol. The molecule has 0 aromatic carbocycles. The largest absolute Gasteiger partial charge is 0.465 e. The van der Waals surface area contributed by atoms with Crippen LogP contribution in [0.1, 0.15) is 12.8 Å². The van der Waals surface area contributed by atoms with Gasteiger partial charge in [-0.2, -0.15) is 0 Å². The molecule has 1 amide bonds. The molecule has 0 aromatic rings. The first-order valence-corrected chi connectivity index (χ1v) is 7.29. The van der Waals surface area contributed by atoms with Crippen LogP contribution in [0.5, 0.6) is 0 Å². The minimum atomic E-state index is -1.00. The van der Waals surface area contributed by atoms with Gasteiger partial charge in [-0.3, -0.25) is 0 Å². The van der Waals surface area contributed by atoms with Crippen LogP contribution in [0.25, 0.3) is 0 Å². The first kappa shape index (κ1) is 19.9. The highest BCUT2D eigenvalue weighted by Gasteiger charge is 1.94. The monoisotopic (exact) mass is 304 g/mol. The molecule has 0 spiro atoms. The number of amides is 1. The third kappa shape index (κ3) is 18.9. The summed E-state index contributed by atoms with van der Waals surface area (Å²) < 4.78 is 16.0. The van der Waals surface area contributed by atoms with Crippen molar-refractivity contribution >= 4 is 6.09 Å². The molecule has 0 unspecified atom stereocenters. The topological polar surface area (TPSA) is 89.0 Å². The Hall–Kier alpha value is -1.15. The van der Waals surface area contributed by atoms with E-state index in [4.69, 9.17) is 19.3 Å². The van der Waals surface area contributed by atoms with Crippen LogP contribution in [0.4, 0.5) is 4.79 Å². The molecular formula is C14H28N2O5.